The number of hydrogen-bond donors (Lipinski definition) is 0. The van der Waals surface area contributed by atoms with E-state index in [4.69, 9.17) is 4.74 Å². The van der Waals surface area contributed by atoms with Crippen LogP contribution in [-0.4, -0.2) is 31.1 Å². The highest BCUT2D eigenvalue weighted by Crippen LogP contribution is 2.39. The number of benzene rings is 1. The summed E-state index contributed by atoms with van der Waals surface area (Å²) in [5.74, 6) is -2.67. The molecule has 0 amide bonds. The van der Waals surface area contributed by atoms with Gasteiger partial charge in [0.1, 0.15) is 16.3 Å². The summed E-state index contributed by atoms with van der Waals surface area (Å²) in [4.78, 5) is 22.9. The van der Waals surface area contributed by atoms with Crippen molar-refractivity contribution >= 4 is 26.7 Å². The predicted octanol–water partition coefficient (Wildman–Crippen LogP) is 2.95. The van der Waals surface area contributed by atoms with Crippen LogP contribution in [0.1, 0.15) is 36.2 Å². The summed E-state index contributed by atoms with van der Waals surface area (Å²) in [7, 11) is -5.95. The van der Waals surface area contributed by atoms with Gasteiger partial charge in [0.15, 0.2) is 0 Å². The van der Waals surface area contributed by atoms with Crippen molar-refractivity contribution in [3.8, 4) is 0 Å². The zero-order valence-electron chi connectivity index (χ0n) is 13.8. The van der Waals surface area contributed by atoms with E-state index in [1.165, 1.54) is 11.5 Å². The lowest BCUT2D eigenvalue weighted by Crippen LogP contribution is -2.25. The van der Waals surface area contributed by atoms with Crippen molar-refractivity contribution in [1.82, 2.24) is 4.57 Å². The quantitative estimate of drug-likeness (QED) is 0.575. The Labute approximate surface area is 150 Å². The number of halogens is 4. The predicted molar refractivity (Wildman–Crippen MR) is 85.6 cm³/mol. The van der Waals surface area contributed by atoms with E-state index in [0.717, 1.165) is 6.20 Å². The maximum absolute atomic E-state index is 14.2. The number of nitrogens with zero attached hydrogens (tertiary/aromatic N) is 1. The summed E-state index contributed by atoms with van der Waals surface area (Å²) in [6.07, 6.45) is 2.33. The summed E-state index contributed by atoms with van der Waals surface area (Å²) < 4.78 is 82.0. The van der Waals surface area contributed by atoms with E-state index >= 15 is 0 Å². The number of ether oxygens (including phenoxy) is 1. The Morgan fingerprint density at radius 1 is 1.30 bits per heavy atom. The summed E-state index contributed by atoms with van der Waals surface area (Å²) in [6, 6.07) is 0.660. The summed E-state index contributed by atoms with van der Waals surface area (Å²) in [5.41, 5.74) is -7.24. The van der Waals surface area contributed by atoms with Crippen LogP contribution in [-0.2, 0) is 14.6 Å². The van der Waals surface area contributed by atoms with Gasteiger partial charge in [0, 0.05) is 17.6 Å². The molecule has 0 saturated heterocycles. The molecule has 0 radical (unpaired) electrons. The Morgan fingerprint density at radius 3 is 2.44 bits per heavy atom. The lowest BCUT2D eigenvalue weighted by atomic mass is 10.1. The van der Waals surface area contributed by atoms with E-state index in [1.807, 2.05) is 0 Å². The van der Waals surface area contributed by atoms with Crippen LogP contribution < -0.4 is 5.43 Å². The van der Waals surface area contributed by atoms with Crippen molar-refractivity contribution < 1.29 is 35.5 Å². The third-order valence-corrected chi connectivity index (χ3v) is 5.62. The number of aromatic nitrogens is 1. The van der Waals surface area contributed by atoms with Crippen molar-refractivity contribution in [3.05, 3.63) is 39.9 Å². The van der Waals surface area contributed by atoms with Crippen LogP contribution in [0.4, 0.5) is 17.6 Å². The molecule has 1 aromatic carbocycles. The molecule has 0 spiro atoms. The number of sulfone groups is 1. The molecule has 1 aliphatic rings. The minimum absolute atomic E-state index is 0.0170. The third kappa shape index (κ3) is 3.20. The van der Waals surface area contributed by atoms with Gasteiger partial charge in [-0.1, -0.05) is 0 Å². The Bertz CT molecular complexity index is 1100. The second kappa shape index (κ2) is 6.32. The second-order valence-corrected chi connectivity index (χ2v) is 7.89. The first kappa shape index (κ1) is 19.3. The molecule has 1 aliphatic carbocycles. The smallest absolute Gasteiger partial charge is 0.462 e. The van der Waals surface area contributed by atoms with E-state index in [2.05, 4.69) is 0 Å². The topological polar surface area (TPSA) is 82.4 Å². The third-order valence-electron chi connectivity index (χ3n) is 4.12. The number of fused-ring (bicyclic) bond motifs is 1. The number of esters is 1. The van der Waals surface area contributed by atoms with Gasteiger partial charge >= 0.3 is 11.5 Å². The van der Waals surface area contributed by atoms with Gasteiger partial charge < -0.3 is 9.30 Å². The summed E-state index contributed by atoms with van der Waals surface area (Å²) in [6.45, 7) is 1.50. The maximum Gasteiger partial charge on any atom is 0.502 e. The zero-order chi connectivity index (χ0) is 20.1. The molecular formula is C16H13F4NO5S. The number of carbonyl (C=O) groups excluding carboxylic acids is 1. The molecule has 1 aromatic heterocycles. The Kier molecular flexibility index (Phi) is 4.53. The van der Waals surface area contributed by atoms with Gasteiger partial charge in [0.2, 0.25) is 5.43 Å². The SMILES string of the molecule is CCOC(=O)c1cn(C2CC2)c2cc(S(=O)(=O)C(F)(F)F)c(F)cc2c1=O. The van der Waals surface area contributed by atoms with Crippen LogP contribution in [0.5, 0.6) is 0 Å². The number of rotatable bonds is 4. The van der Waals surface area contributed by atoms with Gasteiger partial charge in [0.05, 0.1) is 12.1 Å². The van der Waals surface area contributed by atoms with Crippen molar-refractivity contribution in [3.63, 3.8) is 0 Å². The molecule has 2 aromatic rings. The molecule has 1 heterocycles. The molecule has 146 valence electrons. The van der Waals surface area contributed by atoms with Crippen molar-refractivity contribution in [1.29, 1.82) is 0 Å². The normalized spacial score (nSPS) is 15.1. The first-order valence-corrected chi connectivity index (χ1v) is 9.34. The molecule has 3 rings (SSSR count). The van der Waals surface area contributed by atoms with E-state index in [1.54, 1.807) is 0 Å². The molecule has 1 saturated carbocycles. The van der Waals surface area contributed by atoms with Crippen LogP contribution >= 0.6 is 0 Å². The Hall–Kier alpha value is -2.43. The van der Waals surface area contributed by atoms with Crippen LogP contribution in [0.2, 0.25) is 0 Å². The van der Waals surface area contributed by atoms with Gasteiger partial charge in [-0.25, -0.2) is 17.6 Å². The minimum atomic E-state index is -5.95. The van der Waals surface area contributed by atoms with Crippen LogP contribution in [0, 0.1) is 5.82 Å². The maximum atomic E-state index is 14.2. The van der Waals surface area contributed by atoms with Crippen LogP contribution in [0.15, 0.2) is 28.0 Å². The van der Waals surface area contributed by atoms with Crippen molar-refractivity contribution in [2.45, 2.75) is 36.2 Å². The Balaban J connectivity index is 2.35. The molecular weight excluding hydrogens is 394 g/mol. The molecule has 1 fully saturated rings. The van der Waals surface area contributed by atoms with E-state index < -0.39 is 48.4 Å². The second-order valence-electron chi connectivity index (χ2n) is 5.98. The standard InChI is InChI=1S/C16H13F4NO5S/c1-2-26-15(23)10-7-21(8-3-4-8)12-6-13(27(24,25)16(18,19)20)11(17)5-9(12)14(10)22/h5-8H,2-4H2,1H3. The highest BCUT2D eigenvalue weighted by molar-refractivity contribution is 7.92. The zero-order valence-corrected chi connectivity index (χ0v) is 14.7. The molecule has 0 unspecified atom stereocenters. The van der Waals surface area contributed by atoms with Gasteiger partial charge in [-0.3, -0.25) is 4.79 Å². The average Bonchev–Trinajstić information content (AvgIpc) is 3.39. The molecule has 0 aliphatic heterocycles. The number of alkyl halides is 3. The lowest BCUT2D eigenvalue weighted by molar-refractivity contribution is -0.0437. The summed E-state index contributed by atoms with van der Waals surface area (Å²) in [5, 5.41) is -0.397. The lowest BCUT2D eigenvalue weighted by Gasteiger charge is -2.15. The molecule has 0 atom stereocenters. The fourth-order valence-corrected chi connectivity index (χ4v) is 3.52. The monoisotopic (exact) mass is 407 g/mol. The highest BCUT2D eigenvalue weighted by atomic mass is 32.2. The highest BCUT2D eigenvalue weighted by Gasteiger charge is 2.48. The van der Waals surface area contributed by atoms with E-state index in [9.17, 15) is 35.6 Å². The van der Waals surface area contributed by atoms with E-state index in [-0.39, 0.29) is 18.2 Å². The first-order valence-electron chi connectivity index (χ1n) is 7.86. The largest absolute Gasteiger partial charge is 0.502 e. The number of hydrogen-bond acceptors (Lipinski definition) is 5. The first-order chi connectivity index (χ1) is 12.5. The fourth-order valence-electron chi connectivity index (χ4n) is 2.69. The van der Waals surface area contributed by atoms with Gasteiger partial charge in [-0.2, -0.15) is 13.2 Å². The van der Waals surface area contributed by atoms with Crippen molar-refractivity contribution in [2.24, 2.45) is 0 Å². The minimum Gasteiger partial charge on any atom is -0.462 e. The molecule has 0 bridgehead atoms. The molecule has 27 heavy (non-hydrogen) atoms. The fraction of sp³-hybridized carbons (Fsp3) is 0.375. The van der Waals surface area contributed by atoms with Crippen molar-refractivity contribution in [2.75, 3.05) is 6.61 Å². The van der Waals surface area contributed by atoms with Gasteiger partial charge in [-0.05, 0) is 31.9 Å². The van der Waals surface area contributed by atoms with Gasteiger partial charge in [0.25, 0.3) is 9.84 Å². The van der Waals surface area contributed by atoms with E-state index in [0.29, 0.717) is 25.0 Å². The van der Waals surface area contributed by atoms with Crippen LogP contribution in [0.3, 0.4) is 0 Å². The Morgan fingerprint density at radius 2 is 1.93 bits per heavy atom. The molecule has 6 nitrogen and oxygen atoms in total. The summed E-state index contributed by atoms with van der Waals surface area (Å²) >= 11 is 0. The average molecular weight is 407 g/mol. The number of carbonyl (C=O) groups is 1. The van der Waals surface area contributed by atoms with Gasteiger partial charge in [-0.15, -0.1) is 0 Å². The molecule has 0 N–H and O–H groups in total. The molecule has 11 heteroatoms. The van der Waals surface area contributed by atoms with Crippen LogP contribution in [0.25, 0.3) is 10.9 Å². The number of pyridine rings is 1.